The minimum absolute atomic E-state index is 0.0888. The van der Waals surface area contributed by atoms with E-state index in [1.807, 2.05) is 35.2 Å². The van der Waals surface area contributed by atoms with Gasteiger partial charge in [0.1, 0.15) is 0 Å². The van der Waals surface area contributed by atoms with E-state index in [0.717, 1.165) is 44.2 Å². The van der Waals surface area contributed by atoms with Crippen LogP contribution in [0.3, 0.4) is 0 Å². The highest BCUT2D eigenvalue weighted by Gasteiger charge is 2.33. The Hall–Kier alpha value is -1.84. The van der Waals surface area contributed by atoms with Crippen LogP contribution in [-0.2, 0) is 4.79 Å². The van der Waals surface area contributed by atoms with Crippen LogP contribution in [0.15, 0.2) is 30.3 Å². The number of hydrogen-bond donors (Lipinski definition) is 0. The van der Waals surface area contributed by atoms with Crippen molar-refractivity contribution in [2.45, 2.75) is 51.5 Å². The zero-order valence-corrected chi connectivity index (χ0v) is 14.6. The Bertz CT molecular complexity index is 564. The molecule has 0 N–H and O–H groups in total. The van der Waals surface area contributed by atoms with Crippen LogP contribution in [0.4, 0.5) is 0 Å². The third-order valence-electron chi connectivity index (χ3n) is 5.53. The number of amides is 2. The standard InChI is InChI=1S/C20H28N2O2/c1-2-18-10-6-7-13-22(18)20(24)17-11-14-21(15-12-17)19(23)16-8-4-3-5-9-16/h3-5,8-9,17-18H,2,6-7,10-15H2,1H3/t18-/m1/s1. The van der Waals surface area contributed by atoms with Gasteiger partial charge in [0.25, 0.3) is 5.91 Å². The highest BCUT2D eigenvalue weighted by molar-refractivity contribution is 5.94. The van der Waals surface area contributed by atoms with Gasteiger partial charge in [-0.15, -0.1) is 0 Å². The molecule has 2 aliphatic rings. The molecule has 2 saturated heterocycles. The van der Waals surface area contributed by atoms with Gasteiger partial charge in [-0.3, -0.25) is 9.59 Å². The maximum Gasteiger partial charge on any atom is 0.253 e. The van der Waals surface area contributed by atoms with Crippen LogP contribution in [0.25, 0.3) is 0 Å². The molecule has 0 unspecified atom stereocenters. The normalized spacial score (nSPS) is 22.5. The molecule has 0 aromatic heterocycles. The van der Waals surface area contributed by atoms with Crippen LogP contribution >= 0.6 is 0 Å². The van der Waals surface area contributed by atoms with Gasteiger partial charge in [-0.2, -0.15) is 0 Å². The van der Waals surface area contributed by atoms with Gasteiger partial charge in [0.2, 0.25) is 5.91 Å². The molecule has 24 heavy (non-hydrogen) atoms. The van der Waals surface area contributed by atoms with E-state index in [2.05, 4.69) is 11.8 Å². The Morgan fingerprint density at radius 3 is 2.38 bits per heavy atom. The number of hydrogen-bond acceptors (Lipinski definition) is 2. The van der Waals surface area contributed by atoms with Crippen LogP contribution < -0.4 is 0 Å². The largest absolute Gasteiger partial charge is 0.339 e. The third-order valence-corrected chi connectivity index (χ3v) is 5.53. The van der Waals surface area contributed by atoms with Gasteiger partial charge < -0.3 is 9.80 Å². The number of likely N-dealkylation sites (tertiary alicyclic amines) is 2. The molecule has 2 heterocycles. The van der Waals surface area contributed by atoms with Crippen LogP contribution in [0, 0.1) is 5.92 Å². The van der Waals surface area contributed by atoms with Crippen molar-refractivity contribution in [3.63, 3.8) is 0 Å². The topological polar surface area (TPSA) is 40.6 Å². The van der Waals surface area contributed by atoms with Crippen molar-refractivity contribution in [3.8, 4) is 0 Å². The van der Waals surface area contributed by atoms with E-state index in [1.54, 1.807) is 0 Å². The summed E-state index contributed by atoms with van der Waals surface area (Å²) in [6.07, 6.45) is 6.17. The first-order chi connectivity index (χ1) is 11.7. The number of nitrogens with zero attached hydrogens (tertiary/aromatic N) is 2. The van der Waals surface area contributed by atoms with Crippen LogP contribution in [0.2, 0.25) is 0 Å². The molecule has 0 aliphatic carbocycles. The van der Waals surface area contributed by atoms with Crippen LogP contribution in [0.5, 0.6) is 0 Å². The van der Waals surface area contributed by atoms with Crippen LogP contribution in [-0.4, -0.2) is 47.3 Å². The minimum Gasteiger partial charge on any atom is -0.339 e. The lowest BCUT2D eigenvalue weighted by Gasteiger charge is -2.39. The Morgan fingerprint density at radius 2 is 1.71 bits per heavy atom. The van der Waals surface area contributed by atoms with Gasteiger partial charge >= 0.3 is 0 Å². The van der Waals surface area contributed by atoms with Gasteiger partial charge in [0.05, 0.1) is 0 Å². The van der Waals surface area contributed by atoms with Crippen molar-refractivity contribution in [1.82, 2.24) is 9.80 Å². The molecule has 2 fully saturated rings. The lowest BCUT2D eigenvalue weighted by Crippen LogP contribution is -2.49. The second-order valence-corrected chi connectivity index (χ2v) is 7.02. The molecule has 130 valence electrons. The average Bonchev–Trinajstić information content (AvgIpc) is 2.67. The number of carbonyl (C=O) groups is 2. The van der Waals surface area contributed by atoms with E-state index in [4.69, 9.17) is 0 Å². The summed E-state index contributed by atoms with van der Waals surface area (Å²) in [6, 6.07) is 9.85. The third kappa shape index (κ3) is 3.63. The first-order valence-corrected chi connectivity index (χ1v) is 9.35. The molecule has 0 saturated carbocycles. The maximum atomic E-state index is 12.9. The van der Waals surface area contributed by atoms with Gasteiger partial charge in [-0.25, -0.2) is 0 Å². The van der Waals surface area contributed by atoms with E-state index in [-0.39, 0.29) is 11.8 Å². The molecule has 1 atom stereocenters. The molecular weight excluding hydrogens is 300 g/mol. The molecule has 4 heteroatoms. The molecule has 0 bridgehead atoms. The molecule has 4 nitrogen and oxygen atoms in total. The fraction of sp³-hybridized carbons (Fsp3) is 0.600. The van der Waals surface area contributed by atoms with Crippen molar-refractivity contribution in [2.75, 3.05) is 19.6 Å². The Balaban J connectivity index is 1.56. The maximum absolute atomic E-state index is 12.9. The summed E-state index contributed by atoms with van der Waals surface area (Å²) < 4.78 is 0. The fourth-order valence-electron chi connectivity index (χ4n) is 4.04. The van der Waals surface area contributed by atoms with E-state index in [1.165, 1.54) is 6.42 Å². The van der Waals surface area contributed by atoms with Gasteiger partial charge in [0.15, 0.2) is 0 Å². The highest BCUT2D eigenvalue weighted by Crippen LogP contribution is 2.26. The summed E-state index contributed by atoms with van der Waals surface area (Å²) in [5.74, 6) is 0.510. The van der Waals surface area contributed by atoms with E-state index in [9.17, 15) is 9.59 Å². The van der Waals surface area contributed by atoms with Gasteiger partial charge in [0, 0.05) is 37.2 Å². The molecule has 0 radical (unpaired) electrons. The SMILES string of the molecule is CC[C@@H]1CCCCN1C(=O)C1CCN(C(=O)c2ccccc2)CC1. The average molecular weight is 328 g/mol. The summed E-state index contributed by atoms with van der Waals surface area (Å²) in [5.41, 5.74) is 0.740. The van der Waals surface area contributed by atoms with E-state index in [0.29, 0.717) is 25.0 Å². The molecule has 0 spiro atoms. The first kappa shape index (κ1) is 17.0. The summed E-state index contributed by atoms with van der Waals surface area (Å²) in [6.45, 7) is 4.47. The zero-order valence-electron chi connectivity index (χ0n) is 14.6. The monoisotopic (exact) mass is 328 g/mol. The number of piperidine rings is 2. The van der Waals surface area contributed by atoms with Gasteiger partial charge in [-0.1, -0.05) is 25.1 Å². The summed E-state index contributed by atoms with van der Waals surface area (Å²) in [4.78, 5) is 29.4. The molecule has 1 aromatic rings. The van der Waals surface area contributed by atoms with Gasteiger partial charge in [-0.05, 0) is 50.7 Å². The zero-order chi connectivity index (χ0) is 16.9. The predicted octanol–water partition coefficient (Wildman–Crippen LogP) is 3.33. The molecule has 2 amide bonds. The smallest absolute Gasteiger partial charge is 0.253 e. The number of carbonyl (C=O) groups excluding carboxylic acids is 2. The quantitative estimate of drug-likeness (QED) is 0.854. The first-order valence-electron chi connectivity index (χ1n) is 9.35. The Labute approximate surface area is 144 Å². The number of rotatable bonds is 3. The van der Waals surface area contributed by atoms with Crippen LogP contribution in [0.1, 0.15) is 55.8 Å². The van der Waals surface area contributed by atoms with Crippen molar-refractivity contribution in [1.29, 1.82) is 0 Å². The Kier molecular flexibility index (Phi) is 5.54. The molecule has 2 aliphatic heterocycles. The fourth-order valence-corrected chi connectivity index (χ4v) is 4.04. The molecule has 1 aromatic carbocycles. The number of benzene rings is 1. The Morgan fingerprint density at radius 1 is 1.00 bits per heavy atom. The summed E-state index contributed by atoms with van der Waals surface area (Å²) >= 11 is 0. The lowest BCUT2D eigenvalue weighted by atomic mass is 9.91. The second-order valence-electron chi connectivity index (χ2n) is 7.02. The molecular formula is C20H28N2O2. The van der Waals surface area contributed by atoms with Crippen molar-refractivity contribution in [2.24, 2.45) is 5.92 Å². The van der Waals surface area contributed by atoms with Crippen molar-refractivity contribution in [3.05, 3.63) is 35.9 Å². The lowest BCUT2D eigenvalue weighted by molar-refractivity contribution is -0.140. The summed E-state index contributed by atoms with van der Waals surface area (Å²) in [7, 11) is 0. The van der Waals surface area contributed by atoms with E-state index >= 15 is 0 Å². The molecule has 3 rings (SSSR count). The minimum atomic E-state index is 0.0888. The predicted molar refractivity (Wildman–Crippen MR) is 94.7 cm³/mol. The second kappa shape index (κ2) is 7.82. The van der Waals surface area contributed by atoms with Crippen molar-refractivity contribution < 1.29 is 9.59 Å². The van der Waals surface area contributed by atoms with E-state index < -0.39 is 0 Å². The summed E-state index contributed by atoms with van der Waals surface area (Å²) in [5, 5.41) is 0. The highest BCUT2D eigenvalue weighted by atomic mass is 16.2. The van der Waals surface area contributed by atoms with Crippen molar-refractivity contribution >= 4 is 11.8 Å².